The minimum absolute atomic E-state index is 0.0737. The van der Waals surface area contributed by atoms with Gasteiger partial charge in [0, 0.05) is 18.2 Å². The van der Waals surface area contributed by atoms with Crippen LogP contribution in [0.5, 0.6) is 5.75 Å². The van der Waals surface area contributed by atoms with E-state index in [1.165, 1.54) is 13.0 Å². The van der Waals surface area contributed by atoms with Crippen LogP contribution in [0.25, 0.3) is 0 Å². The normalized spacial score (nSPS) is 18.5. The lowest BCUT2D eigenvalue weighted by atomic mass is 10.0. The van der Waals surface area contributed by atoms with Crippen LogP contribution in [0, 0.1) is 5.82 Å². The van der Waals surface area contributed by atoms with Gasteiger partial charge in [-0.25, -0.2) is 9.18 Å². The van der Waals surface area contributed by atoms with Gasteiger partial charge in [-0.15, -0.1) is 0 Å². The van der Waals surface area contributed by atoms with Crippen molar-refractivity contribution in [2.75, 3.05) is 13.2 Å². The Balaban J connectivity index is 2.41. The van der Waals surface area contributed by atoms with Gasteiger partial charge in [0.15, 0.2) is 6.10 Å². The van der Waals surface area contributed by atoms with E-state index in [1.807, 2.05) is 6.92 Å². The van der Waals surface area contributed by atoms with E-state index >= 15 is 0 Å². The van der Waals surface area contributed by atoms with Gasteiger partial charge in [-0.1, -0.05) is 5.16 Å². The number of rotatable bonds is 6. The second-order valence-corrected chi connectivity index (χ2v) is 5.43. The Labute approximate surface area is 135 Å². The zero-order valence-corrected chi connectivity index (χ0v) is 13.6. The number of aliphatic carboxylic acids is 1. The zero-order chi connectivity index (χ0) is 16.3. The highest BCUT2D eigenvalue weighted by Crippen LogP contribution is 2.30. The van der Waals surface area contributed by atoms with Crippen LogP contribution in [0.4, 0.5) is 4.39 Å². The number of hydrogen-bond donors (Lipinski definition) is 1. The zero-order valence-electron chi connectivity index (χ0n) is 12.0. The van der Waals surface area contributed by atoms with Crippen molar-refractivity contribution >= 4 is 27.6 Å². The third kappa shape index (κ3) is 3.56. The average molecular weight is 376 g/mol. The second kappa shape index (κ2) is 7.06. The highest BCUT2D eigenvalue weighted by Gasteiger charge is 2.29. The molecule has 1 aliphatic rings. The van der Waals surface area contributed by atoms with Crippen LogP contribution >= 0.6 is 15.9 Å². The molecular formula is C14H15BrFNO5. The number of halogens is 2. The van der Waals surface area contributed by atoms with Crippen molar-refractivity contribution in [2.45, 2.75) is 26.1 Å². The molecule has 6 nitrogen and oxygen atoms in total. The fourth-order valence-corrected chi connectivity index (χ4v) is 2.27. The van der Waals surface area contributed by atoms with Gasteiger partial charge in [0.05, 0.1) is 4.47 Å². The lowest BCUT2D eigenvalue weighted by Gasteiger charge is -2.17. The summed E-state index contributed by atoms with van der Waals surface area (Å²) in [5, 5.41) is 12.9. The van der Waals surface area contributed by atoms with E-state index in [-0.39, 0.29) is 16.8 Å². The van der Waals surface area contributed by atoms with E-state index in [0.717, 1.165) is 6.07 Å². The molecule has 0 radical (unpaired) electrons. The Hall–Kier alpha value is -1.67. The van der Waals surface area contributed by atoms with E-state index in [2.05, 4.69) is 21.1 Å². The summed E-state index contributed by atoms with van der Waals surface area (Å²) in [6.45, 7) is 3.89. The third-order valence-corrected chi connectivity index (χ3v) is 3.62. The minimum atomic E-state index is -1.15. The average Bonchev–Trinajstić information content (AvgIpc) is 2.91. The number of nitrogens with zero attached hydrogens (tertiary/aromatic N) is 1. The summed E-state index contributed by atoms with van der Waals surface area (Å²) < 4.78 is 24.8. The molecule has 1 aromatic carbocycles. The van der Waals surface area contributed by atoms with Crippen LogP contribution in [0.15, 0.2) is 21.8 Å². The molecule has 1 N–H and O–H groups in total. The van der Waals surface area contributed by atoms with E-state index in [4.69, 9.17) is 19.4 Å². The number of carboxylic acids is 1. The largest absolute Gasteiger partial charge is 0.479 e. The SMILES string of the molecule is CCOC1CON=C1c1cc(Br)c(F)cc1OC(C)C(=O)O. The molecule has 1 aromatic rings. The number of oxime groups is 1. The predicted molar refractivity (Wildman–Crippen MR) is 79.7 cm³/mol. The molecule has 0 saturated carbocycles. The van der Waals surface area contributed by atoms with Gasteiger partial charge in [0.2, 0.25) is 0 Å². The monoisotopic (exact) mass is 375 g/mol. The summed E-state index contributed by atoms with van der Waals surface area (Å²) in [4.78, 5) is 16.0. The first-order valence-electron chi connectivity index (χ1n) is 6.64. The number of carbonyl (C=O) groups is 1. The van der Waals surface area contributed by atoms with Gasteiger partial charge in [0.25, 0.3) is 0 Å². The predicted octanol–water partition coefficient (Wildman–Crippen LogP) is 2.58. The maximum absolute atomic E-state index is 13.8. The molecule has 2 rings (SSSR count). The Morgan fingerprint density at radius 2 is 2.36 bits per heavy atom. The molecule has 0 spiro atoms. The molecule has 1 aliphatic heterocycles. The van der Waals surface area contributed by atoms with Crippen LogP contribution in [-0.4, -0.2) is 42.2 Å². The maximum Gasteiger partial charge on any atom is 0.344 e. The molecule has 0 bridgehead atoms. The van der Waals surface area contributed by atoms with Crippen LogP contribution in [0.2, 0.25) is 0 Å². The molecule has 1 heterocycles. The first-order chi connectivity index (χ1) is 10.4. The lowest BCUT2D eigenvalue weighted by Crippen LogP contribution is -2.27. The van der Waals surface area contributed by atoms with Crippen molar-refractivity contribution in [2.24, 2.45) is 5.16 Å². The lowest BCUT2D eigenvalue weighted by molar-refractivity contribution is -0.144. The van der Waals surface area contributed by atoms with Gasteiger partial charge >= 0.3 is 5.97 Å². The number of carboxylic acid groups (broad SMARTS) is 1. The van der Waals surface area contributed by atoms with Crippen molar-refractivity contribution in [1.29, 1.82) is 0 Å². The fraction of sp³-hybridized carbons (Fsp3) is 0.429. The summed E-state index contributed by atoms with van der Waals surface area (Å²) >= 11 is 3.10. The molecule has 8 heteroatoms. The van der Waals surface area contributed by atoms with Crippen molar-refractivity contribution in [3.8, 4) is 5.75 Å². The second-order valence-electron chi connectivity index (χ2n) is 4.58. The molecule has 0 fully saturated rings. The highest BCUT2D eigenvalue weighted by molar-refractivity contribution is 9.10. The van der Waals surface area contributed by atoms with Gasteiger partial charge in [-0.3, -0.25) is 0 Å². The van der Waals surface area contributed by atoms with Crippen LogP contribution in [-0.2, 0) is 14.4 Å². The standard InChI is InChI=1S/C14H15BrFNO5/c1-3-20-12-6-21-17-13(12)8-4-9(15)10(16)5-11(8)22-7(2)14(18)19/h4-5,7,12H,3,6H2,1-2H3,(H,18,19). The van der Waals surface area contributed by atoms with Gasteiger partial charge in [-0.05, 0) is 35.8 Å². The Kier molecular flexibility index (Phi) is 5.36. The van der Waals surface area contributed by atoms with Crippen LogP contribution in [0.3, 0.4) is 0 Å². The Morgan fingerprint density at radius 1 is 1.64 bits per heavy atom. The Bertz CT molecular complexity index is 607. The van der Waals surface area contributed by atoms with E-state index < -0.39 is 24.0 Å². The maximum atomic E-state index is 13.8. The van der Waals surface area contributed by atoms with Crippen molar-refractivity contribution in [3.63, 3.8) is 0 Å². The summed E-state index contributed by atoms with van der Waals surface area (Å²) in [5.41, 5.74) is 0.868. The van der Waals surface area contributed by atoms with Gasteiger partial charge in [0.1, 0.15) is 30.0 Å². The molecule has 2 unspecified atom stereocenters. The molecule has 120 valence electrons. The third-order valence-electron chi connectivity index (χ3n) is 3.01. The molecule has 0 aromatic heterocycles. The van der Waals surface area contributed by atoms with Crippen molar-refractivity contribution in [1.82, 2.24) is 0 Å². The summed E-state index contributed by atoms with van der Waals surface area (Å²) in [5.74, 6) is -1.64. The number of hydrogen-bond acceptors (Lipinski definition) is 5. The Morgan fingerprint density at radius 3 is 3.00 bits per heavy atom. The number of ether oxygens (including phenoxy) is 2. The molecule has 0 saturated heterocycles. The van der Waals surface area contributed by atoms with Crippen molar-refractivity contribution in [3.05, 3.63) is 28.0 Å². The van der Waals surface area contributed by atoms with Gasteiger partial charge in [-0.2, -0.15) is 0 Å². The topological polar surface area (TPSA) is 77.3 Å². The molecule has 22 heavy (non-hydrogen) atoms. The van der Waals surface area contributed by atoms with Crippen LogP contribution in [0.1, 0.15) is 19.4 Å². The first-order valence-corrected chi connectivity index (χ1v) is 7.43. The van der Waals surface area contributed by atoms with E-state index in [0.29, 0.717) is 17.9 Å². The van der Waals surface area contributed by atoms with Gasteiger partial charge < -0.3 is 19.4 Å². The van der Waals surface area contributed by atoms with Crippen LogP contribution < -0.4 is 4.74 Å². The molecule has 2 atom stereocenters. The quantitative estimate of drug-likeness (QED) is 0.826. The summed E-state index contributed by atoms with van der Waals surface area (Å²) in [7, 11) is 0. The molecule has 0 amide bonds. The minimum Gasteiger partial charge on any atom is -0.479 e. The smallest absolute Gasteiger partial charge is 0.344 e. The van der Waals surface area contributed by atoms with E-state index in [1.54, 1.807) is 0 Å². The fourth-order valence-electron chi connectivity index (χ4n) is 1.93. The highest BCUT2D eigenvalue weighted by atomic mass is 79.9. The number of benzene rings is 1. The van der Waals surface area contributed by atoms with Crippen molar-refractivity contribution < 1.29 is 28.6 Å². The molecule has 0 aliphatic carbocycles. The summed E-state index contributed by atoms with van der Waals surface area (Å²) in [6.07, 6.45) is -1.54. The molecular weight excluding hydrogens is 361 g/mol. The first kappa shape index (κ1) is 16.7. The van der Waals surface area contributed by atoms with E-state index in [9.17, 15) is 9.18 Å². The summed E-state index contributed by atoms with van der Waals surface area (Å²) in [6, 6.07) is 2.58.